The SMILES string of the molecule is C=C(C)C(=O)OC(OCCOCCO)C(O)(CC)CCCCCC. The second kappa shape index (κ2) is 13.4. The zero-order valence-electron chi connectivity index (χ0n) is 15.4. The van der Waals surface area contributed by atoms with Crippen LogP contribution in [0.15, 0.2) is 12.2 Å². The van der Waals surface area contributed by atoms with E-state index < -0.39 is 17.9 Å². The van der Waals surface area contributed by atoms with Gasteiger partial charge in [-0.05, 0) is 19.8 Å². The summed E-state index contributed by atoms with van der Waals surface area (Å²) >= 11 is 0. The topological polar surface area (TPSA) is 85.2 Å². The Balaban J connectivity index is 4.74. The molecule has 0 bridgehead atoms. The molecule has 6 heteroatoms. The predicted molar refractivity (Wildman–Crippen MR) is 92.6 cm³/mol. The molecule has 0 aromatic rings. The van der Waals surface area contributed by atoms with E-state index in [2.05, 4.69) is 13.5 Å². The van der Waals surface area contributed by atoms with Crippen molar-refractivity contribution in [3.8, 4) is 0 Å². The summed E-state index contributed by atoms with van der Waals surface area (Å²) in [6.45, 7) is 9.63. The molecule has 0 amide bonds. The van der Waals surface area contributed by atoms with Gasteiger partial charge in [-0.15, -0.1) is 0 Å². The van der Waals surface area contributed by atoms with Gasteiger partial charge in [-0.25, -0.2) is 4.79 Å². The van der Waals surface area contributed by atoms with Crippen molar-refractivity contribution in [2.24, 2.45) is 0 Å². The first-order valence-electron chi connectivity index (χ1n) is 8.80. The summed E-state index contributed by atoms with van der Waals surface area (Å²) in [6.07, 6.45) is 3.90. The van der Waals surface area contributed by atoms with Gasteiger partial charge in [-0.2, -0.15) is 0 Å². The third-order valence-corrected chi connectivity index (χ3v) is 3.81. The lowest BCUT2D eigenvalue weighted by Gasteiger charge is -2.34. The fourth-order valence-corrected chi connectivity index (χ4v) is 2.20. The molecule has 6 nitrogen and oxygen atoms in total. The zero-order chi connectivity index (χ0) is 18.4. The quantitative estimate of drug-likeness (QED) is 0.205. The minimum absolute atomic E-state index is 0.0651. The van der Waals surface area contributed by atoms with Gasteiger partial charge in [0.2, 0.25) is 6.29 Å². The summed E-state index contributed by atoms with van der Waals surface area (Å²) in [5.74, 6) is -0.586. The van der Waals surface area contributed by atoms with Gasteiger partial charge in [-0.3, -0.25) is 0 Å². The molecule has 0 heterocycles. The Kier molecular flexibility index (Phi) is 12.8. The van der Waals surface area contributed by atoms with E-state index in [9.17, 15) is 9.90 Å². The first-order chi connectivity index (χ1) is 11.4. The third kappa shape index (κ3) is 9.37. The van der Waals surface area contributed by atoms with E-state index in [0.29, 0.717) is 12.8 Å². The van der Waals surface area contributed by atoms with Crippen molar-refractivity contribution in [2.45, 2.75) is 71.2 Å². The fraction of sp³-hybridized carbons (Fsp3) is 0.833. The molecule has 2 N–H and O–H groups in total. The van der Waals surface area contributed by atoms with Crippen LogP contribution in [-0.4, -0.2) is 54.5 Å². The maximum Gasteiger partial charge on any atom is 0.335 e. The van der Waals surface area contributed by atoms with Gasteiger partial charge in [-0.1, -0.05) is 46.1 Å². The van der Waals surface area contributed by atoms with Crippen LogP contribution in [0.3, 0.4) is 0 Å². The first-order valence-corrected chi connectivity index (χ1v) is 8.80. The monoisotopic (exact) mass is 346 g/mol. The van der Waals surface area contributed by atoms with Crippen molar-refractivity contribution in [1.82, 2.24) is 0 Å². The van der Waals surface area contributed by atoms with Gasteiger partial charge in [0.15, 0.2) is 0 Å². The van der Waals surface area contributed by atoms with Gasteiger partial charge in [0.1, 0.15) is 5.60 Å². The van der Waals surface area contributed by atoms with Crippen LogP contribution in [0.25, 0.3) is 0 Å². The molecule has 0 fully saturated rings. The summed E-state index contributed by atoms with van der Waals surface area (Å²) in [5, 5.41) is 19.6. The fourth-order valence-electron chi connectivity index (χ4n) is 2.20. The number of hydrogen-bond acceptors (Lipinski definition) is 6. The van der Waals surface area contributed by atoms with E-state index in [-0.39, 0.29) is 32.0 Å². The maximum atomic E-state index is 11.9. The molecule has 142 valence electrons. The molecule has 0 aliphatic rings. The van der Waals surface area contributed by atoms with E-state index in [4.69, 9.17) is 19.3 Å². The standard InChI is InChI=1S/C18H34O6/c1-5-7-8-9-10-18(21,6-2)17(24-16(20)15(3)4)23-14-13-22-12-11-19/h17,19,21H,3,5-14H2,1-2,4H3. The van der Waals surface area contributed by atoms with E-state index >= 15 is 0 Å². The molecule has 2 atom stereocenters. The molecule has 0 aliphatic heterocycles. The molecule has 0 saturated heterocycles. The van der Waals surface area contributed by atoms with Crippen LogP contribution >= 0.6 is 0 Å². The Morgan fingerprint density at radius 3 is 2.42 bits per heavy atom. The largest absolute Gasteiger partial charge is 0.429 e. The number of carbonyl (C=O) groups is 1. The van der Waals surface area contributed by atoms with Crippen molar-refractivity contribution < 1.29 is 29.2 Å². The molecule has 0 rings (SSSR count). The van der Waals surface area contributed by atoms with Gasteiger partial charge < -0.3 is 24.4 Å². The molecule has 0 saturated carbocycles. The Morgan fingerprint density at radius 1 is 1.17 bits per heavy atom. The lowest BCUT2D eigenvalue weighted by Crippen LogP contribution is -2.47. The normalized spacial score (nSPS) is 14.9. The highest BCUT2D eigenvalue weighted by molar-refractivity contribution is 5.87. The predicted octanol–water partition coefficient (Wildman–Crippen LogP) is 2.57. The Hall–Kier alpha value is -0.950. The number of aliphatic hydroxyl groups excluding tert-OH is 1. The Morgan fingerprint density at radius 2 is 1.88 bits per heavy atom. The summed E-state index contributed by atoms with van der Waals surface area (Å²) in [7, 11) is 0. The van der Waals surface area contributed by atoms with E-state index in [1.54, 1.807) is 6.92 Å². The van der Waals surface area contributed by atoms with Gasteiger partial charge in [0.05, 0.1) is 26.4 Å². The molecule has 24 heavy (non-hydrogen) atoms. The number of rotatable bonds is 15. The van der Waals surface area contributed by atoms with E-state index in [1.165, 1.54) is 0 Å². The number of carbonyl (C=O) groups excluding carboxylic acids is 1. The summed E-state index contributed by atoms with van der Waals surface area (Å²) in [5.41, 5.74) is -0.986. The summed E-state index contributed by atoms with van der Waals surface area (Å²) < 4.78 is 16.0. The lowest BCUT2D eigenvalue weighted by atomic mass is 9.92. The Labute approximate surface area is 145 Å². The minimum atomic E-state index is -1.24. The van der Waals surface area contributed by atoms with Crippen LogP contribution < -0.4 is 0 Å². The van der Waals surface area contributed by atoms with Gasteiger partial charge in [0, 0.05) is 5.57 Å². The highest BCUT2D eigenvalue weighted by Gasteiger charge is 2.38. The molecular formula is C18H34O6. The minimum Gasteiger partial charge on any atom is -0.429 e. The second-order valence-corrected chi connectivity index (χ2v) is 5.99. The smallest absolute Gasteiger partial charge is 0.335 e. The van der Waals surface area contributed by atoms with Crippen molar-refractivity contribution in [2.75, 3.05) is 26.4 Å². The molecule has 2 unspecified atom stereocenters. The molecular weight excluding hydrogens is 312 g/mol. The van der Waals surface area contributed by atoms with Crippen molar-refractivity contribution in [1.29, 1.82) is 0 Å². The average molecular weight is 346 g/mol. The van der Waals surface area contributed by atoms with Crippen molar-refractivity contribution in [3.63, 3.8) is 0 Å². The van der Waals surface area contributed by atoms with Crippen LogP contribution in [0.2, 0.25) is 0 Å². The molecule has 0 aromatic carbocycles. The van der Waals surface area contributed by atoms with E-state index in [1.807, 2.05) is 6.92 Å². The van der Waals surface area contributed by atoms with Crippen LogP contribution in [0.1, 0.15) is 59.3 Å². The van der Waals surface area contributed by atoms with Crippen LogP contribution in [0.5, 0.6) is 0 Å². The van der Waals surface area contributed by atoms with Gasteiger partial charge in [0.25, 0.3) is 0 Å². The first kappa shape index (κ1) is 23.1. The van der Waals surface area contributed by atoms with Crippen molar-refractivity contribution in [3.05, 3.63) is 12.2 Å². The molecule has 0 spiro atoms. The molecule has 0 radical (unpaired) electrons. The number of hydrogen-bond donors (Lipinski definition) is 2. The molecule has 0 aliphatic carbocycles. The number of aliphatic hydroxyl groups is 2. The number of unbranched alkanes of at least 4 members (excludes halogenated alkanes) is 3. The van der Waals surface area contributed by atoms with Crippen molar-refractivity contribution >= 4 is 5.97 Å². The highest BCUT2D eigenvalue weighted by atomic mass is 16.7. The van der Waals surface area contributed by atoms with Crippen LogP contribution in [0, 0.1) is 0 Å². The lowest BCUT2D eigenvalue weighted by molar-refractivity contribution is -0.238. The molecule has 0 aromatic heterocycles. The second-order valence-electron chi connectivity index (χ2n) is 5.99. The maximum absolute atomic E-state index is 11.9. The van der Waals surface area contributed by atoms with Gasteiger partial charge >= 0.3 is 5.97 Å². The summed E-state index contributed by atoms with van der Waals surface area (Å²) in [4.78, 5) is 11.9. The Bertz CT molecular complexity index is 357. The van der Waals surface area contributed by atoms with Crippen LogP contribution in [-0.2, 0) is 19.0 Å². The van der Waals surface area contributed by atoms with Crippen LogP contribution in [0.4, 0.5) is 0 Å². The highest BCUT2D eigenvalue weighted by Crippen LogP contribution is 2.27. The zero-order valence-corrected chi connectivity index (χ0v) is 15.4. The summed E-state index contributed by atoms with van der Waals surface area (Å²) in [6, 6.07) is 0. The number of ether oxygens (including phenoxy) is 3. The number of esters is 1. The average Bonchev–Trinajstić information content (AvgIpc) is 2.57. The third-order valence-electron chi connectivity index (χ3n) is 3.81. The van der Waals surface area contributed by atoms with E-state index in [0.717, 1.165) is 25.7 Å².